The Balaban J connectivity index is 0. The molecule has 0 heterocycles. The van der Waals surface area contributed by atoms with Crippen molar-refractivity contribution in [2.45, 2.75) is 6.92 Å². The fourth-order valence-electron chi connectivity index (χ4n) is 0. The SMILES string of the molecule is [CH-]=NCC.[V+2]. The van der Waals surface area contributed by atoms with Crippen molar-refractivity contribution in [3.63, 3.8) is 0 Å². The van der Waals surface area contributed by atoms with Gasteiger partial charge in [0.05, 0.1) is 0 Å². The average molecular weight is 107 g/mol. The molecule has 0 amide bonds. The third kappa shape index (κ3) is 13.7. The topological polar surface area (TPSA) is 12.4 Å². The number of nitrogens with zero attached hydrogens (tertiary/aromatic N) is 1. The van der Waals surface area contributed by atoms with Gasteiger partial charge >= 0.3 is 18.6 Å². The molecule has 0 aromatic rings. The second-order valence-electron chi connectivity index (χ2n) is 0.499. The van der Waals surface area contributed by atoms with Crippen LogP contribution in [0, 0.1) is 0 Å². The summed E-state index contributed by atoms with van der Waals surface area (Å²) in [6.45, 7) is 7.26. The van der Waals surface area contributed by atoms with E-state index in [2.05, 4.69) is 11.7 Å². The molecule has 0 unspecified atom stereocenters. The summed E-state index contributed by atoms with van der Waals surface area (Å²) in [5.74, 6) is 0. The molecule has 0 aromatic carbocycles. The smallest absolute Gasteiger partial charge is 0.506 e. The summed E-state index contributed by atoms with van der Waals surface area (Å²) in [6.07, 6.45) is 0. The van der Waals surface area contributed by atoms with E-state index < -0.39 is 0 Å². The summed E-state index contributed by atoms with van der Waals surface area (Å²) in [7, 11) is 0. The van der Waals surface area contributed by atoms with Crippen molar-refractivity contribution in [2.75, 3.05) is 6.54 Å². The van der Waals surface area contributed by atoms with Crippen LogP contribution in [0.4, 0.5) is 0 Å². The van der Waals surface area contributed by atoms with Crippen molar-refractivity contribution in [1.82, 2.24) is 0 Å². The van der Waals surface area contributed by atoms with Gasteiger partial charge in [-0.05, 0) is 13.5 Å². The van der Waals surface area contributed by atoms with Crippen molar-refractivity contribution in [2.24, 2.45) is 4.99 Å². The van der Waals surface area contributed by atoms with Crippen molar-refractivity contribution in [3.8, 4) is 0 Å². The van der Waals surface area contributed by atoms with Crippen molar-refractivity contribution >= 4 is 6.72 Å². The zero-order valence-electron chi connectivity index (χ0n) is 3.18. The van der Waals surface area contributed by atoms with E-state index >= 15 is 0 Å². The Bertz CT molecular complexity index is 20.9. The third-order valence-corrected chi connectivity index (χ3v) is 0.183. The van der Waals surface area contributed by atoms with Crippen LogP contribution in [0.25, 0.3) is 0 Å². The Hall–Kier alpha value is 0.254. The fourth-order valence-corrected chi connectivity index (χ4v) is 0. The number of hydrogen-bond donors (Lipinski definition) is 0. The van der Waals surface area contributed by atoms with Gasteiger partial charge in [-0.15, -0.1) is 0 Å². The largest absolute Gasteiger partial charge is 2.00 e. The number of aliphatic imine (C=N–C) groups is 1. The first-order valence-electron chi connectivity index (χ1n) is 1.28. The van der Waals surface area contributed by atoms with E-state index in [-0.39, 0.29) is 18.6 Å². The number of hydrogen-bond acceptors (Lipinski definition) is 1. The molecule has 0 saturated carbocycles. The quantitative estimate of drug-likeness (QED) is 0.343. The molecule has 0 aliphatic carbocycles. The van der Waals surface area contributed by atoms with Gasteiger partial charge < -0.3 is 11.7 Å². The first kappa shape index (κ1) is 8.98. The van der Waals surface area contributed by atoms with Crippen molar-refractivity contribution in [3.05, 3.63) is 0 Å². The van der Waals surface area contributed by atoms with Crippen LogP contribution in [-0.2, 0) is 18.6 Å². The minimum absolute atomic E-state index is 0. The molecule has 1 radical (unpaired) electrons. The maximum Gasteiger partial charge on any atom is 2.00 e. The van der Waals surface area contributed by atoms with Crippen LogP contribution in [-0.4, -0.2) is 13.3 Å². The summed E-state index contributed by atoms with van der Waals surface area (Å²) in [5.41, 5.74) is 0. The van der Waals surface area contributed by atoms with E-state index in [1.807, 2.05) is 6.92 Å². The first-order valence-corrected chi connectivity index (χ1v) is 1.28. The Morgan fingerprint density at radius 3 is 2.00 bits per heavy atom. The van der Waals surface area contributed by atoms with Gasteiger partial charge in [0.1, 0.15) is 0 Å². The molecule has 5 heavy (non-hydrogen) atoms. The molecule has 0 atom stereocenters. The maximum atomic E-state index is 4.65. The van der Waals surface area contributed by atoms with Crippen LogP contribution in [0.2, 0.25) is 0 Å². The molecule has 0 aliphatic heterocycles. The Morgan fingerprint density at radius 1 is 1.80 bits per heavy atom. The van der Waals surface area contributed by atoms with Gasteiger partial charge in [0.15, 0.2) is 0 Å². The Morgan fingerprint density at radius 2 is 2.00 bits per heavy atom. The summed E-state index contributed by atoms with van der Waals surface area (Å²) in [5, 5.41) is 0. The summed E-state index contributed by atoms with van der Waals surface area (Å²) < 4.78 is 0. The van der Waals surface area contributed by atoms with Gasteiger partial charge in [-0.3, -0.25) is 0 Å². The van der Waals surface area contributed by atoms with Gasteiger partial charge in [0, 0.05) is 0 Å². The standard InChI is InChI=1S/C3H6N.V/c1-3-4-2;/h2H,3H2,1H3;/q-1;+2. The van der Waals surface area contributed by atoms with Gasteiger partial charge in [-0.1, -0.05) is 0 Å². The molecule has 0 aliphatic rings. The van der Waals surface area contributed by atoms with E-state index in [4.69, 9.17) is 0 Å². The second kappa shape index (κ2) is 8.87. The molecule has 0 rings (SSSR count). The fraction of sp³-hybridized carbons (Fsp3) is 0.667. The minimum Gasteiger partial charge on any atom is -0.506 e. The Kier molecular flexibility index (Phi) is 15.9. The molecule has 1 nitrogen and oxygen atoms in total. The van der Waals surface area contributed by atoms with Crippen LogP contribution in [0.1, 0.15) is 6.92 Å². The predicted octanol–water partition coefficient (Wildman–Crippen LogP) is 0.581. The molecule has 0 fully saturated rings. The van der Waals surface area contributed by atoms with E-state index in [9.17, 15) is 0 Å². The maximum absolute atomic E-state index is 4.65. The summed E-state index contributed by atoms with van der Waals surface area (Å²) >= 11 is 0. The van der Waals surface area contributed by atoms with E-state index in [1.165, 1.54) is 0 Å². The first-order chi connectivity index (χ1) is 1.91. The Labute approximate surface area is 44.4 Å². The van der Waals surface area contributed by atoms with Crippen LogP contribution < -0.4 is 0 Å². The van der Waals surface area contributed by atoms with Crippen LogP contribution in [0.15, 0.2) is 4.99 Å². The summed E-state index contributed by atoms with van der Waals surface area (Å²) in [6, 6.07) is 0. The molecule has 0 bridgehead atoms. The molecule has 0 spiro atoms. The monoisotopic (exact) mass is 107 g/mol. The molecule has 0 saturated heterocycles. The molecular weight excluding hydrogens is 101 g/mol. The second-order valence-corrected chi connectivity index (χ2v) is 0.499. The van der Waals surface area contributed by atoms with E-state index in [1.54, 1.807) is 0 Å². The summed E-state index contributed by atoms with van der Waals surface area (Å²) in [4.78, 5) is 3.24. The normalized spacial score (nSPS) is 5.00. The van der Waals surface area contributed by atoms with Gasteiger partial charge in [-0.25, -0.2) is 0 Å². The van der Waals surface area contributed by atoms with Crippen molar-refractivity contribution < 1.29 is 18.6 Å². The van der Waals surface area contributed by atoms with Gasteiger partial charge in [-0.2, -0.15) is 0 Å². The zero-order valence-corrected chi connectivity index (χ0v) is 4.58. The van der Waals surface area contributed by atoms with Gasteiger partial charge in [0.2, 0.25) is 0 Å². The molecule has 0 aromatic heterocycles. The predicted molar refractivity (Wildman–Crippen MR) is 19.0 cm³/mol. The van der Waals surface area contributed by atoms with Gasteiger partial charge in [0.25, 0.3) is 0 Å². The van der Waals surface area contributed by atoms with Crippen molar-refractivity contribution in [1.29, 1.82) is 0 Å². The molecule has 2 heteroatoms. The van der Waals surface area contributed by atoms with E-state index in [0.717, 1.165) is 6.54 Å². The molecule has 27 valence electrons. The average Bonchev–Trinajstić information content (AvgIpc) is 1.37. The third-order valence-electron chi connectivity index (χ3n) is 0.183. The van der Waals surface area contributed by atoms with Crippen LogP contribution in [0.3, 0.4) is 0 Å². The molecular formula is C3H6NV+. The zero-order chi connectivity index (χ0) is 3.41. The number of rotatable bonds is 1. The minimum atomic E-state index is 0. The van der Waals surface area contributed by atoms with Crippen LogP contribution >= 0.6 is 0 Å². The molecule has 0 N–H and O–H groups in total. The van der Waals surface area contributed by atoms with Crippen LogP contribution in [0.5, 0.6) is 0 Å². The van der Waals surface area contributed by atoms with E-state index in [0.29, 0.717) is 0 Å².